The lowest BCUT2D eigenvalue weighted by atomic mass is 10.1. The van der Waals surface area contributed by atoms with E-state index < -0.39 is 56.3 Å². The fourth-order valence-electron chi connectivity index (χ4n) is 6.59. The first-order valence-electron chi connectivity index (χ1n) is 18.1. The smallest absolute Gasteiger partial charge is 0.282 e. The summed E-state index contributed by atoms with van der Waals surface area (Å²) in [6.45, 7) is 0. The van der Waals surface area contributed by atoms with Crippen LogP contribution in [0.5, 0.6) is 0 Å². The average molecular weight is 945 g/mol. The van der Waals surface area contributed by atoms with E-state index in [4.69, 9.17) is 0 Å². The van der Waals surface area contributed by atoms with Crippen LogP contribution < -0.4 is 31.8 Å². The quantitative estimate of drug-likeness (QED) is 0.0893. The minimum Gasteiger partial charge on any atom is -0.282 e. The van der Waals surface area contributed by atoms with E-state index in [0.29, 0.717) is 0 Å². The maximum atomic E-state index is 11.4. The molecule has 0 spiro atoms. The second-order valence-corrected chi connectivity index (χ2v) is 23.7. The number of rotatable bonds is 10. The first-order valence-corrected chi connectivity index (χ1v) is 26.6. The van der Waals surface area contributed by atoms with E-state index >= 15 is 0 Å². The van der Waals surface area contributed by atoms with Gasteiger partial charge in [0.25, 0.3) is 40.5 Å². The van der Waals surface area contributed by atoms with Gasteiger partial charge >= 0.3 is 0 Å². The van der Waals surface area contributed by atoms with Gasteiger partial charge < -0.3 is 0 Å². The topological polar surface area (TPSA) is 217 Å². The van der Waals surface area contributed by atoms with Crippen LogP contribution in [-0.2, 0) is 40.5 Å². The summed E-state index contributed by atoms with van der Waals surface area (Å²) in [5.74, 6) is 0. The zero-order valence-corrected chi connectivity index (χ0v) is 37.0. The predicted octanol–water partition coefficient (Wildman–Crippen LogP) is 6.18. The number of hydrogen-bond donors (Lipinski definition) is 4. The molecule has 12 nitrogen and oxygen atoms in total. The van der Waals surface area contributed by atoms with Gasteiger partial charge in [-0.2, -0.15) is 33.7 Å². The van der Waals surface area contributed by atoms with Crippen LogP contribution in [0.3, 0.4) is 0 Å². The first kappa shape index (κ1) is 44.8. The highest BCUT2D eigenvalue weighted by Crippen LogP contribution is 2.36. The van der Waals surface area contributed by atoms with Crippen molar-refractivity contribution in [2.24, 2.45) is 0 Å². The highest BCUT2D eigenvalue weighted by atomic mass is 32.2. The van der Waals surface area contributed by atoms with Crippen molar-refractivity contribution in [2.45, 2.75) is 19.6 Å². The van der Waals surface area contributed by atoms with Crippen LogP contribution >= 0.6 is 15.8 Å². The maximum Gasteiger partial charge on any atom is 0.294 e. The summed E-state index contributed by atoms with van der Waals surface area (Å²) in [4.78, 5) is -0.810. The highest BCUT2D eigenvalue weighted by molar-refractivity contribution is 7.86. The molecular formula is C44H34O12P2S4. The van der Waals surface area contributed by atoms with Gasteiger partial charge in [-0.3, -0.25) is 18.2 Å². The van der Waals surface area contributed by atoms with Gasteiger partial charge in [-0.1, -0.05) is 121 Å². The van der Waals surface area contributed by atoms with Gasteiger partial charge in [0, 0.05) is 0 Å². The first-order chi connectivity index (χ1) is 29.3. The SMILES string of the molecule is O=S(=O)(O)c1ccc(P(c2ccc(S(=O)(=O)O)cc2)c2ccc3ccccc3c2)cc1.O=S(=O)(O)c1ccc(P(c2ccc(S(=O)(=O)O)cc2)c2ccc3ccccc3c2)cc1. The van der Waals surface area contributed by atoms with E-state index in [9.17, 15) is 51.9 Å². The molecule has 0 aliphatic carbocycles. The number of hydrogen-bond acceptors (Lipinski definition) is 8. The third-order valence-electron chi connectivity index (χ3n) is 9.55. The van der Waals surface area contributed by atoms with Crippen molar-refractivity contribution >= 4 is 110 Å². The molecule has 0 atom stereocenters. The molecule has 0 aromatic heterocycles. The van der Waals surface area contributed by atoms with Crippen molar-refractivity contribution < 1.29 is 51.9 Å². The zero-order valence-electron chi connectivity index (χ0n) is 31.9. The summed E-state index contributed by atoms with van der Waals surface area (Å²) < 4.78 is 128. The van der Waals surface area contributed by atoms with Crippen LogP contribution in [0.1, 0.15) is 0 Å². The largest absolute Gasteiger partial charge is 0.294 e. The van der Waals surface area contributed by atoms with E-state index in [1.54, 1.807) is 48.5 Å². The average Bonchev–Trinajstić information content (AvgIpc) is 3.23. The summed E-state index contributed by atoms with van der Waals surface area (Å²) in [5, 5.41) is 9.45. The summed E-state index contributed by atoms with van der Waals surface area (Å²) in [6.07, 6.45) is 0. The van der Waals surface area contributed by atoms with Crippen molar-refractivity contribution in [3.8, 4) is 0 Å². The third kappa shape index (κ3) is 10.5. The Bertz CT molecular complexity index is 3010. The fraction of sp³-hybridized carbons (Fsp3) is 0. The molecule has 8 rings (SSSR count). The van der Waals surface area contributed by atoms with Gasteiger partial charge in [-0.05, 0) is 130 Å². The molecule has 18 heteroatoms. The molecule has 4 N–H and O–H groups in total. The van der Waals surface area contributed by atoms with Gasteiger partial charge in [0.05, 0.1) is 19.6 Å². The van der Waals surface area contributed by atoms with E-state index in [2.05, 4.69) is 12.1 Å². The molecule has 0 unspecified atom stereocenters. The van der Waals surface area contributed by atoms with Crippen molar-refractivity contribution in [3.05, 3.63) is 182 Å². The summed E-state index contributed by atoms with van der Waals surface area (Å²) in [6, 6.07) is 51.7. The summed E-state index contributed by atoms with van der Waals surface area (Å²) in [5.41, 5.74) is 0. The standard InChI is InChI=1S/2C22H17O6PS2/c2*23-30(24,25)21-11-7-18(8-12-21)29(19-9-13-22(14-10-19)31(26,27)28)20-6-5-16-3-1-2-4-17(16)15-20/h2*1-15H,(H,23,24,25)(H,26,27,28). The molecule has 8 aromatic rings. The molecule has 0 bridgehead atoms. The molecule has 0 heterocycles. The molecule has 0 radical (unpaired) electrons. The lowest BCUT2D eigenvalue weighted by molar-refractivity contribution is 0.481. The van der Waals surface area contributed by atoms with Crippen molar-refractivity contribution in [2.75, 3.05) is 0 Å². The van der Waals surface area contributed by atoms with Gasteiger partial charge in [0.15, 0.2) is 0 Å². The lowest BCUT2D eigenvalue weighted by Gasteiger charge is -2.20. The Morgan fingerprint density at radius 2 is 0.468 bits per heavy atom. The second-order valence-electron chi connectivity index (χ2n) is 13.6. The fourth-order valence-corrected chi connectivity index (χ4v) is 13.1. The molecule has 8 aromatic carbocycles. The zero-order chi connectivity index (χ0) is 44.5. The van der Waals surface area contributed by atoms with Gasteiger partial charge in [0.2, 0.25) is 0 Å². The van der Waals surface area contributed by atoms with E-state index in [-0.39, 0.29) is 19.6 Å². The minimum absolute atomic E-state index is 0.202. The summed E-state index contributed by atoms with van der Waals surface area (Å²) >= 11 is 0. The maximum absolute atomic E-state index is 11.4. The van der Waals surface area contributed by atoms with Crippen LogP contribution in [0.2, 0.25) is 0 Å². The second kappa shape index (κ2) is 17.9. The van der Waals surface area contributed by atoms with Crippen molar-refractivity contribution in [1.29, 1.82) is 0 Å². The van der Waals surface area contributed by atoms with Crippen molar-refractivity contribution in [3.63, 3.8) is 0 Å². The predicted molar refractivity (Wildman–Crippen MR) is 245 cm³/mol. The Hall–Kier alpha value is -5.22. The van der Waals surface area contributed by atoms with E-state index in [0.717, 1.165) is 53.4 Å². The van der Waals surface area contributed by atoms with Gasteiger partial charge in [0.1, 0.15) is 0 Å². The Morgan fingerprint density at radius 1 is 0.258 bits per heavy atom. The molecule has 0 saturated carbocycles. The van der Waals surface area contributed by atoms with E-state index in [1.807, 2.05) is 72.8 Å². The van der Waals surface area contributed by atoms with Crippen LogP contribution in [0, 0.1) is 0 Å². The molecule has 0 aliphatic rings. The van der Waals surface area contributed by atoms with Crippen molar-refractivity contribution in [1.82, 2.24) is 0 Å². The molecule has 0 amide bonds. The Kier molecular flexibility index (Phi) is 12.9. The lowest BCUT2D eigenvalue weighted by Crippen LogP contribution is -2.21. The Balaban J connectivity index is 0.000000186. The Morgan fingerprint density at radius 3 is 0.694 bits per heavy atom. The molecule has 0 fully saturated rings. The molecule has 0 aliphatic heterocycles. The third-order valence-corrected chi connectivity index (χ3v) is 17.9. The monoisotopic (exact) mass is 944 g/mol. The van der Waals surface area contributed by atoms with Crippen LogP contribution in [0.25, 0.3) is 21.5 Å². The Labute approximate surface area is 361 Å². The number of fused-ring (bicyclic) bond motifs is 2. The van der Waals surface area contributed by atoms with E-state index in [1.165, 1.54) is 48.5 Å². The molecule has 62 heavy (non-hydrogen) atoms. The number of benzene rings is 8. The minimum atomic E-state index is -4.31. The normalized spacial score (nSPS) is 12.4. The van der Waals surface area contributed by atoms with Gasteiger partial charge in [-0.15, -0.1) is 0 Å². The van der Waals surface area contributed by atoms with Crippen LogP contribution in [0.4, 0.5) is 0 Å². The molecular weight excluding hydrogens is 911 g/mol. The van der Waals surface area contributed by atoms with Crippen LogP contribution in [0.15, 0.2) is 202 Å². The molecule has 316 valence electrons. The molecule has 0 saturated heterocycles. The highest BCUT2D eigenvalue weighted by Gasteiger charge is 2.22. The van der Waals surface area contributed by atoms with Gasteiger partial charge in [-0.25, -0.2) is 0 Å². The van der Waals surface area contributed by atoms with Crippen LogP contribution in [-0.4, -0.2) is 51.9 Å². The summed E-state index contributed by atoms with van der Waals surface area (Å²) in [7, 11) is -19.6.